The monoisotopic (exact) mass is 217 g/mol. The standard InChI is InChI=1S/C11H23NOS/c1-10(2)11(9-14)8-12-4-3-6-13-7-5-12/h10-11,14H,3-9H2,1-2H3. The van der Waals surface area contributed by atoms with Crippen LogP contribution in [-0.2, 0) is 4.74 Å². The molecule has 2 nitrogen and oxygen atoms in total. The molecule has 1 fully saturated rings. The van der Waals surface area contributed by atoms with Crippen molar-refractivity contribution in [3.05, 3.63) is 0 Å². The van der Waals surface area contributed by atoms with E-state index in [4.69, 9.17) is 4.74 Å². The first-order chi connectivity index (χ1) is 6.74. The summed E-state index contributed by atoms with van der Waals surface area (Å²) in [6.07, 6.45) is 1.18. The minimum absolute atomic E-state index is 0.719. The van der Waals surface area contributed by atoms with Crippen molar-refractivity contribution in [2.75, 3.05) is 38.6 Å². The molecular formula is C11H23NOS. The second-order valence-electron chi connectivity index (χ2n) is 4.45. The van der Waals surface area contributed by atoms with Gasteiger partial charge in [0, 0.05) is 26.2 Å². The molecule has 14 heavy (non-hydrogen) atoms. The number of rotatable bonds is 4. The van der Waals surface area contributed by atoms with E-state index in [0.717, 1.165) is 37.3 Å². The summed E-state index contributed by atoms with van der Waals surface area (Å²) >= 11 is 4.42. The minimum atomic E-state index is 0.719. The quantitative estimate of drug-likeness (QED) is 0.722. The van der Waals surface area contributed by atoms with Crippen molar-refractivity contribution in [1.82, 2.24) is 4.90 Å². The zero-order valence-corrected chi connectivity index (χ0v) is 10.3. The Balaban J connectivity index is 2.32. The highest BCUT2D eigenvalue weighted by Crippen LogP contribution is 2.15. The molecule has 0 spiro atoms. The van der Waals surface area contributed by atoms with Crippen LogP contribution in [0.3, 0.4) is 0 Å². The summed E-state index contributed by atoms with van der Waals surface area (Å²) in [6, 6.07) is 0. The first kappa shape index (κ1) is 12.3. The van der Waals surface area contributed by atoms with Gasteiger partial charge in [0.15, 0.2) is 0 Å². The number of nitrogens with zero attached hydrogens (tertiary/aromatic N) is 1. The third-order valence-electron chi connectivity index (χ3n) is 2.98. The van der Waals surface area contributed by atoms with E-state index in [1.165, 1.54) is 19.5 Å². The van der Waals surface area contributed by atoms with Gasteiger partial charge in [-0.2, -0.15) is 12.6 Å². The normalized spacial score (nSPS) is 22.3. The number of ether oxygens (including phenoxy) is 1. The minimum Gasteiger partial charge on any atom is -0.380 e. The molecule has 1 atom stereocenters. The maximum atomic E-state index is 5.44. The van der Waals surface area contributed by atoms with E-state index in [0.29, 0.717) is 0 Å². The smallest absolute Gasteiger partial charge is 0.0593 e. The lowest BCUT2D eigenvalue weighted by atomic mass is 9.97. The van der Waals surface area contributed by atoms with Crippen molar-refractivity contribution >= 4 is 12.6 Å². The third-order valence-corrected chi connectivity index (χ3v) is 3.45. The maximum absolute atomic E-state index is 5.44. The molecule has 3 heteroatoms. The van der Waals surface area contributed by atoms with Gasteiger partial charge < -0.3 is 9.64 Å². The van der Waals surface area contributed by atoms with Gasteiger partial charge in [0.05, 0.1) is 6.61 Å². The fourth-order valence-electron chi connectivity index (χ4n) is 1.79. The highest BCUT2D eigenvalue weighted by Gasteiger charge is 2.17. The fourth-order valence-corrected chi connectivity index (χ4v) is 2.33. The van der Waals surface area contributed by atoms with Crippen LogP contribution in [0.25, 0.3) is 0 Å². The summed E-state index contributed by atoms with van der Waals surface area (Å²) in [5.41, 5.74) is 0. The van der Waals surface area contributed by atoms with Gasteiger partial charge >= 0.3 is 0 Å². The van der Waals surface area contributed by atoms with E-state index in [1.807, 2.05) is 0 Å². The molecule has 0 aliphatic carbocycles. The predicted molar refractivity (Wildman–Crippen MR) is 64.1 cm³/mol. The van der Waals surface area contributed by atoms with Crippen molar-refractivity contribution in [3.63, 3.8) is 0 Å². The summed E-state index contributed by atoms with van der Waals surface area (Å²) in [5.74, 6) is 2.45. The fraction of sp³-hybridized carbons (Fsp3) is 1.00. The molecule has 0 amide bonds. The van der Waals surface area contributed by atoms with Crippen molar-refractivity contribution in [1.29, 1.82) is 0 Å². The van der Waals surface area contributed by atoms with E-state index in [1.54, 1.807) is 0 Å². The van der Waals surface area contributed by atoms with E-state index in [2.05, 4.69) is 31.4 Å². The Labute approximate surface area is 93.4 Å². The van der Waals surface area contributed by atoms with Crippen molar-refractivity contribution in [2.24, 2.45) is 11.8 Å². The van der Waals surface area contributed by atoms with Gasteiger partial charge in [-0.05, 0) is 24.0 Å². The predicted octanol–water partition coefficient (Wildman–Crippen LogP) is 1.91. The van der Waals surface area contributed by atoms with Crippen molar-refractivity contribution < 1.29 is 4.74 Å². The highest BCUT2D eigenvalue weighted by molar-refractivity contribution is 7.80. The highest BCUT2D eigenvalue weighted by atomic mass is 32.1. The van der Waals surface area contributed by atoms with Gasteiger partial charge in [-0.3, -0.25) is 0 Å². The molecule has 0 aromatic heterocycles. The summed E-state index contributed by atoms with van der Waals surface area (Å²) < 4.78 is 5.44. The summed E-state index contributed by atoms with van der Waals surface area (Å²) in [7, 11) is 0. The topological polar surface area (TPSA) is 12.5 Å². The summed E-state index contributed by atoms with van der Waals surface area (Å²) in [6.45, 7) is 9.88. The number of hydrogen-bond acceptors (Lipinski definition) is 3. The zero-order chi connectivity index (χ0) is 10.4. The third kappa shape index (κ3) is 4.20. The molecule has 1 saturated heterocycles. The largest absolute Gasteiger partial charge is 0.380 e. The van der Waals surface area contributed by atoms with E-state index < -0.39 is 0 Å². The van der Waals surface area contributed by atoms with Crippen LogP contribution in [0.15, 0.2) is 0 Å². The van der Waals surface area contributed by atoms with E-state index in [9.17, 15) is 0 Å². The van der Waals surface area contributed by atoms with Crippen LogP contribution >= 0.6 is 12.6 Å². The van der Waals surface area contributed by atoms with Crippen molar-refractivity contribution in [2.45, 2.75) is 20.3 Å². The lowest BCUT2D eigenvalue weighted by Gasteiger charge is -2.27. The van der Waals surface area contributed by atoms with Crippen LogP contribution < -0.4 is 0 Å². The van der Waals surface area contributed by atoms with Gasteiger partial charge in [0.1, 0.15) is 0 Å². The summed E-state index contributed by atoms with van der Waals surface area (Å²) in [5, 5.41) is 0. The molecular weight excluding hydrogens is 194 g/mol. The molecule has 0 bridgehead atoms. The molecule has 0 aromatic rings. The molecule has 1 heterocycles. The first-order valence-corrected chi connectivity index (χ1v) is 6.28. The lowest BCUT2D eigenvalue weighted by molar-refractivity contribution is 0.137. The van der Waals surface area contributed by atoms with Gasteiger partial charge in [-0.15, -0.1) is 0 Å². The average Bonchev–Trinajstić information content (AvgIpc) is 2.41. The Morgan fingerprint density at radius 3 is 2.71 bits per heavy atom. The van der Waals surface area contributed by atoms with Crippen LogP contribution in [0.5, 0.6) is 0 Å². The second kappa shape index (κ2) is 6.70. The van der Waals surface area contributed by atoms with Gasteiger partial charge in [0.25, 0.3) is 0 Å². The van der Waals surface area contributed by atoms with Crippen LogP contribution in [-0.4, -0.2) is 43.5 Å². The molecule has 0 saturated carbocycles. The molecule has 84 valence electrons. The lowest BCUT2D eigenvalue weighted by Crippen LogP contribution is -2.34. The van der Waals surface area contributed by atoms with Gasteiger partial charge in [-0.1, -0.05) is 13.8 Å². The second-order valence-corrected chi connectivity index (χ2v) is 4.82. The number of hydrogen-bond donors (Lipinski definition) is 1. The zero-order valence-electron chi connectivity index (χ0n) is 9.41. The molecule has 1 unspecified atom stereocenters. The van der Waals surface area contributed by atoms with Gasteiger partial charge in [0.2, 0.25) is 0 Å². The van der Waals surface area contributed by atoms with Gasteiger partial charge in [-0.25, -0.2) is 0 Å². The molecule has 1 rings (SSSR count). The van der Waals surface area contributed by atoms with Crippen LogP contribution in [0.2, 0.25) is 0 Å². The Bertz CT molecular complexity index is 144. The Morgan fingerprint density at radius 1 is 1.29 bits per heavy atom. The first-order valence-electron chi connectivity index (χ1n) is 5.65. The van der Waals surface area contributed by atoms with Crippen LogP contribution in [0, 0.1) is 11.8 Å². The van der Waals surface area contributed by atoms with E-state index >= 15 is 0 Å². The number of thiol groups is 1. The van der Waals surface area contributed by atoms with Crippen LogP contribution in [0.1, 0.15) is 20.3 Å². The Kier molecular flexibility index (Phi) is 5.90. The maximum Gasteiger partial charge on any atom is 0.0593 e. The molecule has 0 aromatic carbocycles. The SMILES string of the molecule is CC(C)C(CS)CN1CCCOCC1. The molecule has 0 radical (unpaired) electrons. The molecule has 1 aliphatic rings. The molecule has 1 aliphatic heterocycles. The van der Waals surface area contributed by atoms with Crippen molar-refractivity contribution in [3.8, 4) is 0 Å². The molecule has 0 N–H and O–H groups in total. The Hall–Kier alpha value is 0.270. The Morgan fingerprint density at radius 2 is 2.07 bits per heavy atom. The van der Waals surface area contributed by atoms with E-state index in [-0.39, 0.29) is 0 Å². The average molecular weight is 217 g/mol. The van der Waals surface area contributed by atoms with Crippen LogP contribution in [0.4, 0.5) is 0 Å². The summed E-state index contributed by atoms with van der Waals surface area (Å²) in [4.78, 5) is 2.52.